The minimum absolute atomic E-state index is 0.343. The van der Waals surface area contributed by atoms with Crippen LogP contribution >= 0.6 is 0 Å². The average Bonchev–Trinajstić information content (AvgIpc) is 2.89. The molecule has 0 spiro atoms. The van der Waals surface area contributed by atoms with Gasteiger partial charge in [-0.3, -0.25) is 14.3 Å². The molecule has 39 heavy (non-hydrogen) atoms. The third kappa shape index (κ3) is 3.85. The standard InChI is InChI=1S/C23H20B3N3O10/c1-5(2)28-4-6(29-14(23(28)39)15(31)7(30)3-27-29)8(9-11(24)19(35)20(36)12(25)16(9)32)10-17(33)13(26)21(37)22(38)18(10)34/h3,5-6,8,31-38H,4H2,1-2H3/t6-,8?/m1/s1. The lowest BCUT2D eigenvalue weighted by Gasteiger charge is -2.41. The summed E-state index contributed by atoms with van der Waals surface area (Å²) in [6.07, 6.45) is 0.690. The molecule has 0 saturated heterocycles. The van der Waals surface area contributed by atoms with Gasteiger partial charge in [0.15, 0.2) is 34.4 Å². The molecule has 1 unspecified atom stereocenters. The van der Waals surface area contributed by atoms with E-state index in [-0.39, 0.29) is 6.54 Å². The molecule has 196 valence electrons. The number of amides is 1. The number of aromatic hydroxyl groups is 8. The van der Waals surface area contributed by atoms with Crippen LogP contribution in [0.2, 0.25) is 0 Å². The molecule has 0 saturated carbocycles. The van der Waals surface area contributed by atoms with Crippen molar-refractivity contribution in [3.05, 3.63) is 33.2 Å². The van der Waals surface area contributed by atoms with Gasteiger partial charge < -0.3 is 45.8 Å². The zero-order chi connectivity index (χ0) is 29.2. The molecule has 1 aromatic heterocycles. The Kier molecular flexibility index (Phi) is 6.53. The third-order valence-electron chi connectivity index (χ3n) is 6.78. The first kappa shape index (κ1) is 27.4. The fourth-order valence-corrected chi connectivity index (χ4v) is 4.74. The monoisotopic (exact) mass is 531 g/mol. The van der Waals surface area contributed by atoms with Crippen LogP contribution in [0.15, 0.2) is 11.0 Å². The molecular formula is C23H20B3N3O10. The molecule has 2 aromatic carbocycles. The van der Waals surface area contributed by atoms with Crippen molar-refractivity contribution in [2.75, 3.05) is 6.54 Å². The second-order valence-corrected chi connectivity index (χ2v) is 9.26. The van der Waals surface area contributed by atoms with Crippen LogP contribution < -0.4 is 21.8 Å². The summed E-state index contributed by atoms with van der Waals surface area (Å²) in [4.78, 5) is 26.7. The number of aromatic nitrogens is 2. The van der Waals surface area contributed by atoms with Crippen molar-refractivity contribution in [3.63, 3.8) is 0 Å². The van der Waals surface area contributed by atoms with E-state index in [1.807, 2.05) is 0 Å². The molecule has 8 N–H and O–H groups in total. The van der Waals surface area contributed by atoms with Crippen LogP contribution in [-0.2, 0) is 0 Å². The Morgan fingerprint density at radius 1 is 0.744 bits per heavy atom. The maximum Gasteiger partial charge on any atom is 0.276 e. The zero-order valence-electron chi connectivity index (χ0n) is 20.5. The van der Waals surface area contributed by atoms with Gasteiger partial charge in [0, 0.05) is 29.6 Å². The van der Waals surface area contributed by atoms with Crippen LogP contribution in [0.25, 0.3) is 0 Å². The summed E-state index contributed by atoms with van der Waals surface area (Å²) in [5.41, 5.74) is -5.07. The van der Waals surface area contributed by atoms with Crippen molar-refractivity contribution >= 4 is 45.8 Å². The lowest BCUT2D eigenvalue weighted by Crippen LogP contribution is -2.50. The van der Waals surface area contributed by atoms with E-state index in [0.717, 1.165) is 4.68 Å². The fraction of sp³-hybridized carbons (Fsp3) is 0.261. The summed E-state index contributed by atoms with van der Waals surface area (Å²) < 4.78 is 0.876. The minimum Gasteiger partial charge on any atom is -0.508 e. The second kappa shape index (κ2) is 9.29. The fourth-order valence-electron chi connectivity index (χ4n) is 4.74. The van der Waals surface area contributed by atoms with E-state index in [0.29, 0.717) is 6.20 Å². The summed E-state index contributed by atoms with van der Waals surface area (Å²) in [5.74, 6) is -10.9. The molecule has 1 aliphatic heterocycles. The molecule has 1 aliphatic rings. The van der Waals surface area contributed by atoms with E-state index in [2.05, 4.69) is 5.10 Å². The molecule has 2 heterocycles. The predicted molar refractivity (Wildman–Crippen MR) is 138 cm³/mol. The van der Waals surface area contributed by atoms with Gasteiger partial charge in [-0.2, -0.15) is 5.10 Å². The highest BCUT2D eigenvalue weighted by Crippen LogP contribution is 2.52. The number of benzene rings is 2. The highest BCUT2D eigenvalue weighted by Gasteiger charge is 2.44. The average molecular weight is 531 g/mol. The number of rotatable bonds is 4. The Labute approximate surface area is 224 Å². The predicted octanol–water partition coefficient (Wildman–Crippen LogP) is -2.49. The van der Waals surface area contributed by atoms with Crippen molar-refractivity contribution in [2.24, 2.45) is 0 Å². The first-order valence-corrected chi connectivity index (χ1v) is 11.3. The van der Waals surface area contributed by atoms with Gasteiger partial charge in [-0.15, -0.1) is 0 Å². The van der Waals surface area contributed by atoms with Gasteiger partial charge in [0.05, 0.1) is 12.2 Å². The summed E-state index contributed by atoms with van der Waals surface area (Å²) in [7, 11) is 17.6. The molecule has 0 aliphatic carbocycles. The molecule has 13 nitrogen and oxygen atoms in total. The first-order chi connectivity index (χ1) is 18.1. The number of fused-ring (bicyclic) bond motifs is 1. The Morgan fingerprint density at radius 2 is 1.26 bits per heavy atom. The normalized spacial score (nSPS) is 15.9. The molecule has 0 bridgehead atoms. The highest BCUT2D eigenvalue weighted by atomic mass is 16.3. The number of carbonyl (C=O) groups is 1. The Bertz CT molecular complexity index is 1480. The maximum absolute atomic E-state index is 13.3. The first-order valence-electron chi connectivity index (χ1n) is 11.3. The lowest BCUT2D eigenvalue weighted by atomic mass is 9.71. The van der Waals surface area contributed by atoms with E-state index in [1.54, 1.807) is 13.8 Å². The number of phenolic OH excluding ortho intramolecular Hbond substituents is 7. The number of phenols is 7. The highest BCUT2D eigenvalue weighted by molar-refractivity contribution is 6.41. The van der Waals surface area contributed by atoms with Gasteiger partial charge in [0.1, 0.15) is 40.8 Å². The van der Waals surface area contributed by atoms with Crippen molar-refractivity contribution in [1.82, 2.24) is 14.7 Å². The summed E-state index contributed by atoms with van der Waals surface area (Å²) in [5, 5.41) is 88.4. The van der Waals surface area contributed by atoms with Gasteiger partial charge in [0.2, 0.25) is 5.43 Å². The summed E-state index contributed by atoms with van der Waals surface area (Å²) in [6, 6.07) is -1.95. The molecule has 3 aromatic rings. The van der Waals surface area contributed by atoms with E-state index in [1.165, 1.54) is 4.90 Å². The molecule has 4 rings (SSSR count). The van der Waals surface area contributed by atoms with Crippen molar-refractivity contribution in [3.8, 4) is 46.0 Å². The largest absolute Gasteiger partial charge is 0.508 e. The SMILES string of the molecule is [B]c1c(O)c(O)c([B])c(C(c2c(O)c([B])c(O)c(O)c2O)[C@H]2CN(C(C)C)C(=O)c3c(O)c(=O)cnn32)c1O. The minimum atomic E-state index is -1.74. The lowest BCUT2D eigenvalue weighted by molar-refractivity contribution is 0.0569. The second-order valence-electron chi connectivity index (χ2n) is 9.26. The Hall–Kier alpha value is -4.62. The van der Waals surface area contributed by atoms with Crippen LogP contribution in [-0.4, -0.2) is 97.6 Å². The van der Waals surface area contributed by atoms with E-state index in [9.17, 15) is 50.4 Å². The number of hydrogen-bond donors (Lipinski definition) is 8. The van der Waals surface area contributed by atoms with Gasteiger partial charge >= 0.3 is 0 Å². The van der Waals surface area contributed by atoms with E-state index >= 15 is 0 Å². The molecule has 16 heteroatoms. The molecule has 6 radical (unpaired) electrons. The molecular weight excluding hydrogens is 511 g/mol. The maximum atomic E-state index is 13.3. The number of carbonyl (C=O) groups excluding carboxylic acids is 1. The Balaban J connectivity index is 2.22. The van der Waals surface area contributed by atoms with Gasteiger partial charge in [-0.1, -0.05) is 0 Å². The van der Waals surface area contributed by atoms with Crippen LogP contribution in [0.4, 0.5) is 0 Å². The zero-order valence-corrected chi connectivity index (χ0v) is 20.5. The van der Waals surface area contributed by atoms with Crippen LogP contribution in [0.5, 0.6) is 46.0 Å². The van der Waals surface area contributed by atoms with E-state index in [4.69, 9.17) is 23.5 Å². The third-order valence-corrected chi connectivity index (χ3v) is 6.78. The smallest absolute Gasteiger partial charge is 0.276 e. The van der Waals surface area contributed by atoms with Crippen molar-refractivity contribution in [2.45, 2.75) is 31.8 Å². The van der Waals surface area contributed by atoms with Crippen LogP contribution in [0.3, 0.4) is 0 Å². The molecule has 2 atom stereocenters. The van der Waals surface area contributed by atoms with Gasteiger partial charge in [-0.05, 0) is 30.2 Å². The number of hydrogen-bond acceptors (Lipinski definition) is 11. The van der Waals surface area contributed by atoms with Crippen molar-refractivity contribution in [1.29, 1.82) is 0 Å². The molecule has 1 amide bonds. The van der Waals surface area contributed by atoms with Gasteiger partial charge in [0.25, 0.3) is 5.91 Å². The topological polar surface area (TPSA) is 217 Å². The van der Waals surface area contributed by atoms with Crippen molar-refractivity contribution < 1.29 is 45.6 Å². The van der Waals surface area contributed by atoms with Crippen LogP contribution in [0, 0.1) is 0 Å². The van der Waals surface area contributed by atoms with E-state index < -0.39 is 109 Å². The molecule has 0 fully saturated rings. The van der Waals surface area contributed by atoms with Gasteiger partial charge in [-0.25, -0.2) is 0 Å². The quantitative estimate of drug-likeness (QED) is 0.100. The summed E-state index contributed by atoms with van der Waals surface area (Å²) in [6.45, 7) is 2.88. The van der Waals surface area contributed by atoms with Crippen LogP contribution in [0.1, 0.15) is 47.4 Å². The Morgan fingerprint density at radius 3 is 1.82 bits per heavy atom. The number of nitrogens with zero attached hydrogens (tertiary/aromatic N) is 3. The summed E-state index contributed by atoms with van der Waals surface area (Å²) >= 11 is 0.